The van der Waals surface area contributed by atoms with Crippen LogP contribution >= 0.6 is 11.6 Å². The molecule has 210 valence electrons. The standard InChI is InChI=1S/C30H34ClN5O4/c1-30(2,3)40-29(37)35-17-15-22(19-35)34(4)28-26-25(39-24-12-8-21(31)9-13-24)14-16-32-27(26)36(33-28)18-20-6-10-23(38-5)11-7-20/h6-14,16,22H,15,17-19H2,1-5H3/t22-/m1/s1. The highest BCUT2D eigenvalue weighted by Gasteiger charge is 2.34. The summed E-state index contributed by atoms with van der Waals surface area (Å²) in [7, 11) is 3.65. The average molecular weight is 564 g/mol. The summed E-state index contributed by atoms with van der Waals surface area (Å²) in [5.74, 6) is 2.82. The van der Waals surface area contributed by atoms with Crippen LogP contribution < -0.4 is 14.4 Å². The Morgan fingerprint density at radius 2 is 1.77 bits per heavy atom. The van der Waals surface area contributed by atoms with Gasteiger partial charge < -0.3 is 24.0 Å². The fraction of sp³-hybridized carbons (Fsp3) is 0.367. The number of hydrogen-bond donors (Lipinski definition) is 0. The number of nitrogens with zero attached hydrogens (tertiary/aromatic N) is 5. The second-order valence-electron chi connectivity index (χ2n) is 10.9. The van der Waals surface area contributed by atoms with Gasteiger partial charge in [0.15, 0.2) is 11.5 Å². The van der Waals surface area contributed by atoms with Crippen LogP contribution in [0.15, 0.2) is 60.8 Å². The number of amides is 1. The fourth-order valence-corrected chi connectivity index (χ4v) is 4.88. The van der Waals surface area contributed by atoms with Gasteiger partial charge in [0.1, 0.15) is 28.2 Å². The molecule has 1 amide bonds. The van der Waals surface area contributed by atoms with Crippen LogP contribution in [0.1, 0.15) is 32.8 Å². The Balaban J connectivity index is 1.49. The lowest BCUT2D eigenvalue weighted by atomic mass is 10.2. The number of carbonyl (C=O) groups excluding carboxylic acids is 1. The summed E-state index contributed by atoms with van der Waals surface area (Å²) >= 11 is 6.09. The lowest BCUT2D eigenvalue weighted by Gasteiger charge is -2.27. The normalized spacial score (nSPS) is 15.3. The molecule has 0 N–H and O–H groups in total. The lowest BCUT2D eigenvalue weighted by molar-refractivity contribution is 0.0292. The maximum atomic E-state index is 12.7. The number of fused-ring (bicyclic) bond motifs is 1. The van der Waals surface area contributed by atoms with E-state index < -0.39 is 5.60 Å². The van der Waals surface area contributed by atoms with Crippen molar-refractivity contribution in [1.29, 1.82) is 0 Å². The van der Waals surface area contributed by atoms with Gasteiger partial charge in [-0.2, -0.15) is 5.10 Å². The summed E-state index contributed by atoms with van der Waals surface area (Å²) in [5.41, 5.74) is 1.21. The first-order chi connectivity index (χ1) is 19.1. The van der Waals surface area contributed by atoms with Gasteiger partial charge in [0.05, 0.1) is 13.7 Å². The Kier molecular flexibility index (Phi) is 7.76. The van der Waals surface area contributed by atoms with Crippen molar-refractivity contribution >= 4 is 34.5 Å². The van der Waals surface area contributed by atoms with Crippen LogP contribution in [0.2, 0.25) is 5.02 Å². The van der Waals surface area contributed by atoms with E-state index in [0.29, 0.717) is 41.8 Å². The number of aromatic nitrogens is 3. The highest BCUT2D eigenvalue weighted by Crippen LogP contribution is 2.37. The summed E-state index contributed by atoms with van der Waals surface area (Å²) in [6.45, 7) is 7.29. The van der Waals surface area contributed by atoms with Gasteiger partial charge >= 0.3 is 6.09 Å². The van der Waals surface area contributed by atoms with Crippen molar-refractivity contribution in [3.05, 3.63) is 71.4 Å². The Morgan fingerprint density at radius 1 is 1.07 bits per heavy atom. The molecule has 10 heteroatoms. The number of ether oxygens (including phenoxy) is 3. The molecule has 2 aromatic carbocycles. The number of likely N-dealkylation sites (tertiary alicyclic amines) is 1. The SMILES string of the molecule is COc1ccc(Cn2nc(N(C)[C@@H]3CCN(C(=O)OC(C)(C)C)C3)c3c(Oc4ccc(Cl)cc4)ccnc32)cc1. The van der Waals surface area contributed by atoms with E-state index in [4.69, 9.17) is 35.9 Å². The van der Waals surface area contributed by atoms with Crippen LogP contribution in [0, 0.1) is 0 Å². The summed E-state index contributed by atoms with van der Waals surface area (Å²) in [6, 6.07) is 17.0. The van der Waals surface area contributed by atoms with Crippen molar-refractivity contribution < 1.29 is 19.0 Å². The predicted molar refractivity (Wildman–Crippen MR) is 156 cm³/mol. The molecular formula is C30H34ClN5O4. The summed E-state index contributed by atoms with van der Waals surface area (Å²) < 4.78 is 19.1. The van der Waals surface area contributed by atoms with Crippen LogP contribution in [0.5, 0.6) is 17.2 Å². The third kappa shape index (κ3) is 6.09. The maximum Gasteiger partial charge on any atom is 0.410 e. The molecule has 0 spiro atoms. The van der Waals surface area contributed by atoms with Crippen LogP contribution in [0.4, 0.5) is 10.6 Å². The molecule has 5 rings (SSSR count). The van der Waals surface area contributed by atoms with Crippen molar-refractivity contribution in [2.75, 3.05) is 32.1 Å². The molecule has 40 heavy (non-hydrogen) atoms. The first-order valence-electron chi connectivity index (χ1n) is 13.2. The lowest BCUT2D eigenvalue weighted by Crippen LogP contribution is -2.39. The molecule has 0 bridgehead atoms. The number of anilines is 1. The fourth-order valence-electron chi connectivity index (χ4n) is 4.75. The number of benzene rings is 2. The molecule has 0 unspecified atom stereocenters. The molecule has 0 saturated carbocycles. The number of methoxy groups -OCH3 is 1. The monoisotopic (exact) mass is 563 g/mol. The van der Waals surface area contributed by atoms with Gasteiger partial charge in [-0.3, -0.25) is 0 Å². The smallest absolute Gasteiger partial charge is 0.410 e. The third-order valence-electron chi connectivity index (χ3n) is 6.81. The minimum atomic E-state index is -0.545. The van der Waals surface area contributed by atoms with Gasteiger partial charge in [-0.15, -0.1) is 0 Å². The Labute approximate surface area is 239 Å². The van der Waals surface area contributed by atoms with Gasteiger partial charge in [0.25, 0.3) is 0 Å². The first kappa shape index (κ1) is 27.6. The van der Waals surface area contributed by atoms with E-state index in [1.165, 1.54) is 0 Å². The van der Waals surface area contributed by atoms with Crippen LogP contribution in [0.3, 0.4) is 0 Å². The van der Waals surface area contributed by atoms with E-state index in [0.717, 1.165) is 28.9 Å². The molecular weight excluding hydrogens is 530 g/mol. The molecule has 4 aromatic rings. The number of halogens is 1. The number of likely N-dealkylation sites (N-methyl/N-ethyl adjacent to an activating group) is 1. The predicted octanol–water partition coefficient (Wildman–Crippen LogP) is 6.38. The van der Waals surface area contributed by atoms with Crippen LogP contribution in [-0.4, -0.2) is 64.6 Å². The molecule has 1 saturated heterocycles. The molecule has 1 fully saturated rings. The molecule has 0 aliphatic carbocycles. The van der Waals surface area contributed by atoms with E-state index in [1.54, 1.807) is 30.3 Å². The van der Waals surface area contributed by atoms with Crippen molar-refractivity contribution in [2.45, 2.75) is 45.4 Å². The molecule has 1 aliphatic rings. The summed E-state index contributed by atoms with van der Waals surface area (Å²) in [6.07, 6.45) is 2.21. The van der Waals surface area contributed by atoms with Gasteiger partial charge in [0.2, 0.25) is 0 Å². The van der Waals surface area contributed by atoms with Crippen molar-refractivity contribution in [1.82, 2.24) is 19.7 Å². The first-order valence-corrected chi connectivity index (χ1v) is 13.6. The van der Waals surface area contributed by atoms with Crippen molar-refractivity contribution in [3.8, 4) is 17.2 Å². The molecule has 3 heterocycles. The third-order valence-corrected chi connectivity index (χ3v) is 7.06. The van der Waals surface area contributed by atoms with Crippen molar-refractivity contribution in [2.24, 2.45) is 0 Å². The van der Waals surface area contributed by atoms with E-state index in [-0.39, 0.29) is 12.1 Å². The molecule has 2 aromatic heterocycles. The van der Waals surface area contributed by atoms with E-state index >= 15 is 0 Å². The minimum Gasteiger partial charge on any atom is -0.497 e. The largest absolute Gasteiger partial charge is 0.497 e. The summed E-state index contributed by atoms with van der Waals surface area (Å²) in [5, 5.41) is 6.46. The van der Waals surface area contributed by atoms with Gasteiger partial charge in [0, 0.05) is 43.5 Å². The second kappa shape index (κ2) is 11.3. The zero-order valence-corrected chi connectivity index (χ0v) is 24.2. The molecule has 0 radical (unpaired) electrons. The van der Waals surface area contributed by atoms with E-state index in [1.807, 2.05) is 75.0 Å². The van der Waals surface area contributed by atoms with Gasteiger partial charge in [-0.25, -0.2) is 14.5 Å². The quantitative estimate of drug-likeness (QED) is 0.258. The number of pyridine rings is 1. The van der Waals surface area contributed by atoms with E-state index in [2.05, 4.69) is 4.90 Å². The molecule has 1 atom stereocenters. The van der Waals surface area contributed by atoms with Crippen LogP contribution in [-0.2, 0) is 11.3 Å². The molecule has 1 aliphatic heterocycles. The minimum absolute atomic E-state index is 0.0450. The topological polar surface area (TPSA) is 82.0 Å². The van der Waals surface area contributed by atoms with E-state index in [9.17, 15) is 4.79 Å². The van der Waals surface area contributed by atoms with Crippen LogP contribution in [0.25, 0.3) is 11.0 Å². The average Bonchev–Trinajstić information content (AvgIpc) is 3.56. The van der Waals surface area contributed by atoms with Gasteiger partial charge in [-0.05, 0) is 69.2 Å². The Bertz CT molecular complexity index is 1480. The highest BCUT2D eigenvalue weighted by molar-refractivity contribution is 6.30. The number of rotatable bonds is 7. The van der Waals surface area contributed by atoms with Gasteiger partial charge in [-0.1, -0.05) is 23.7 Å². The molecule has 9 nitrogen and oxygen atoms in total. The highest BCUT2D eigenvalue weighted by atomic mass is 35.5. The second-order valence-corrected chi connectivity index (χ2v) is 11.3. The maximum absolute atomic E-state index is 12.7. The Hall–Kier alpha value is -3.98. The summed E-state index contributed by atoms with van der Waals surface area (Å²) in [4.78, 5) is 21.3. The van der Waals surface area contributed by atoms with Crippen molar-refractivity contribution in [3.63, 3.8) is 0 Å². The zero-order chi connectivity index (χ0) is 28.4. The zero-order valence-electron chi connectivity index (χ0n) is 23.4. The number of carbonyl (C=O) groups is 1. The Morgan fingerprint density at radius 3 is 2.45 bits per heavy atom. The number of hydrogen-bond acceptors (Lipinski definition) is 7.